The molecule has 1 unspecified atom stereocenters. The van der Waals surface area contributed by atoms with Crippen LogP contribution in [-0.2, 0) is 17.6 Å². The summed E-state index contributed by atoms with van der Waals surface area (Å²) in [6.07, 6.45) is 1.74. The molecule has 0 aliphatic carbocycles. The number of hydrogen-bond donors (Lipinski definition) is 0. The van der Waals surface area contributed by atoms with Gasteiger partial charge in [-0.1, -0.05) is 72.3 Å². The molecule has 0 aromatic heterocycles. The SMILES string of the molecule is ClC1OC1(Cc1ccccc1)Cc1ccccc1. The average Bonchev–Trinajstić information content (AvgIpc) is 3.01. The van der Waals surface area contributed by atoms with Crippen LogP contribution in [0.5, 0.6) is 0 Å². The second-order valence-electron chi connectivity index (χ2n) is 4.82. The number of epoxide rings is 1. The van der Waals surface area contributed by atoms with Crippen LogP contribution in [-0.4, -0.2) is 11.2 Å². The Hall–Kier alpha value is -1.31. The summed E-state index contributed by atoms with van der Waals surface area (Å²) in [5, 5.41) is 0. The Bertz CT molecular complexity index is 468. The van der Waals surface area contributed by atoms with Crippen LogP contribution >= 0.6 is 11.6 Å². The molecule has 18 heavy (non-hydrogen) atoms. The van der Waals surface area contributed by atoms with E-state index >= 15 is 0 Å². The summed E-state index contributed by atoms with van der Waals surface area (Å²) in [7, 11) is 0. The molecule has 2 aromatic rings. The van der Waals surface area contributed by atoms with Gasteiger partial charge >= 0.3 is 0 Å². The number of rotatable bonds is 4. The Labute approximate surface area is 112 Å². The molecule has 1 nitrogen and oxygen atoms in total. The number of hydrogen-bond acceptors (Lipinski definition) is 1. The van der Waals surface area contributed by atoms with Crippen molar-refractivity contribution in [3.63, 3.8) is 0 Å². The van der Waals surface area contributed by atoms with Crippen molar-refractivity contribution in [1.82, 2.24) is 0 Å². The molecular weight excluding hydrogens is 244 g/mol. The number of alkyl halides is 1. The largest absolute Gasteiger partial charge is 0.348 e. The van der Waals surface area contributed by atoms with Crippen LogP contribution in [0.1, 0.15) is 11.1 Å². The molecule has 0 radical (unpaired) electrons. The van der Waals surface area contributed by atoms with Crippen LogP contribution in [0.4, 0.5) is 0 Å². The zero-order chi connectivity index (χ0) is 12.4. The lowest BCUT2D eigenvalue weighted by atomic mass is 9.93. The zero-order valence-corrected chi connectivity index (χ0v) is 10.8. The Morgan fingerprint density at radius 2 is 1.22 bits per heavy atom. The molecule has 2 aromatic carbocycles. The van der Waals surface area contributed by atoms with E-state index in [1.54, 1.807) is 0 Å². The molecular formula is C16H15ClO. The smallest absolute Gasteiger partial charge is 0.161 e. The predicted octanol–water partition coefficient (Wildman–Crippen LogP) is 3.81. The van der Waals surface area contributed by atoms with Gasteiger partial charge in [0.05, 0.1) is 0 Å². The van der Waals surface area contributed by atoms with E-state index in [9.17, 15) is 0 Å². The maximum Gasteiger partial charge on any atom is 0.161 e. The van der Waals surface area contributed by atoms with E-state index < -0.39 is 0 Å². The summed E-state index contributed by atoms with van der Waals surface area (Å²) >= 11 is 6.19. The van der Waals surface area contributed by atoms with Gasteiger partial charge in [-0.25, -0.2) is 0 Å². The van der Waals surface area contributed by atoms with Crippen molar-refractivity contribution >= 4 is 11.6 Å². The highest BCUT2D eigenvalue weighted by Crippen LogP contribution is 2.44. The summed E-state index contributed by atoms with van der Waals surface area (Å²) in [5.41, 5.74) is 2.16. The highest BCUT2D eigenvalue weighted by Gasteiger charge is 2.55. The second-order valence-corrected chi connectivity index (χ2v) is 5.22. The minimum atomic E-state index is -0.218. The molecule has 1 aliphatic heterocycles. The number of ether oxygens (including phenoxy) is 1. The third kappa shape index (κ3) is 2.43. The van der Waals surface area contributed by atoms with E-state index in [1.807, 2.05) is 12.1 Å². The van der Waals surface area contributed by atoms with E-state index in [0.29, 0.717) is 0 Å². The van der Waals surface area contributed by atoms with Crippen molar-refractivity contribution < 1.29 is 4.74 Å². The standard InChI is InChI=1S/C16H15ClO/c17-15-16(18-15,11-13-7-3-1-4-8-13)12-14-9-5-2-6-10-14/h1-10,15H,11-12H2. The van der Waals surface area contributed by atoms with Crippen LogP contribution in [0.2, 0.25) is 0 Å². The maximum atomic E-state index is 6.19. The molecule has 0 amide bonds. The summed E-state index contributed by atoms with van der Waals surface area (Å²) in [6, 6.07) is 20.8. The second kappa shape index (κ2) is 4.75. The third-order valence-corrected chi connectivity index (χ3v) is 3.87. The van der Waals surface area contributed by atoms with E-state index in [2.05, 4.69) is 48.5 Å². The van der Waals surface area contributed by atoms with Gasteiger partial charge in [0, 0.05) is 12.8 Å². The number of halogens is 1. The van der Waals surface area contributed by atoms with E-state index in [1.165, 1.54) is 11.1 Å². The molecule has 0 spiro atoms. The Kier molecular flexibility index (Phi) is 3.11. The van der Waals surface area contributed by atoms with E-state index in [4.69, 9.17) is 16.3 Å². The van der Waals surface area contributed by atoms with Crippen LogP contribution in [0, 0.1) is 0 Å². The first-order chi connectivity index (χ1) is 8.78. The molecule has 1 saturated heterocycles. The van der Waals surface area contributed by atoms with Crippen molar-refractivity contribution in [2.24, 2.45) is 0 Å². The molecule has 0 bridgehead atoms. The van der Waals surface area contributed by atoms with E-state index in [-0.39, 0.29) is 11.2 Å². The van der Waals surface area contributed by atoms with Crippen molar-refractivity contribution in [1.29, 1.82) is 0 Å². The zero-order valence-electron chi connectivity index (χ0n) is 10.1. The lowest BCUT2D eigenvalue weighted by molar-refractivity contribution is 0.297. The van der Waals surface area contributed by atoms with Crippen LogP contribution < -0.4 is 0 Å². The van der Waals surface area contributed by atoms with Gasteiger partial charge in [0.2, 0.25) is 0 Å². The summed E-state index contributed by atoms with van der Waals surface area (Å²) in [6.45, 7) is 0. The molecule has 0 N–H and O–H groups in total. The molecule has 0 saturated carbocycles. The fourth-order valence-corrected chi connectivity index (χ4v) is 2.69. The lowest BCUT2D eigenvalue weighted by Crippen LogP contribution is -2.20. The Morgan fingerprint density at radius 3 is 1.56 bits per heavy atom. The van der Waals surface area contributed by atoms with Gasteiger partial charge < -0.3 is 4.74 Å². The molecule has 1 aliphatic rings. The summed E-state index contributed by atoms with van der Waals surface area (Å²) < 4.78 is 5.68. The van der Waals surface area contributed by atoms with Gasteiger partial charge in [-0.05, 0) is 11.1 Å². The monoisotopic (exact) mass is 258 g/mol. The normalized spacial score (nSPS) is 20.6. The van der Waals surface area contributed by atoms with Crippen LogP contribution in [0.3, 0.4) is 0 Å². The van der Waals surface area contributed by atoms with Gasteiger partial charge in [-0.3, -0.25) is 0 Å². The van der Waals surface area contributed by atoms with Crippen molar-refractivity contribution in [2.45, 2.75) is 24.0 Å². The minimum absolute atomic E-state index is 0.169. The van der Waals surface area contributed by atoms with Gasteiger partial charge in [0.25, 0.3) is 0 Å². The molecule has 1 fully saturated rings. The third-order valence-electron chi connectivity index (χ3n) is 3.39. The minimum Gasteiger partial charge on any atom is -0.348 e. The van der Waals surface area contributed by atoms with Gasteiger partial charge in [0.15, 0.2) is 5.56 Å². The highest BCUT2D eigenvalue weighted by molar-refractivity contribution is 6.22. The molecule has 3 rings (SSSR count). The van der Waals surface area contributed by atoms with Gasteiger partial charge in [-0.2, -0.15) is 0 Å². The number of benzene rings is 2. The Balaban J connectivity index is 1.76. The van der Waals surface area contributed by atoms with Gasteiger partial charge in [0.1, 0.15) is 5.60 Å². The topological polar surface area (TPSA) is 12.5 Å². The van der Waals surface area contributed by atoms with Crippen molar-refractivity contribution in [3.8, 4) is 0 Å². The fraction of sp³-hybridized carbons (Fsp3) is 0.250. The van der Waals surface area contributed by atoms with Crippen molar-refractivity contribution in [2.75, 3.05) is 0 Å². The van der Waals surface area contributed by atoms with Crippen molar-refractivity contribution in [3.05, 3.63) is 71.8 Å². The summed E-state index contributed by atoms with van der Waals surface area (Å²) in [5.74, 6) is 0. The predicted molar refractivity (Wildman–Crippen MR) is 73.7 cm³/mol. The molecule has 92 valence electrons. The molecule has 1 heterocycles. The highest BCUT2D eigenvalue weighted by atomic mass is 35.5. The molecule has 2 heteroatoms. The Morgan fingerprint density at radius 1 is 0.833 bits per heavy atom. The summed E-state index contributed by atoms with van der Waals surface area (Å²) in [4.78, 5) is 0. The first-order valence-corrected chi connectivity index (χ1v) is 6.62. The van der Waals surface area contributed by atoms with Gasteiger partial charge in [-0.15, -0.1) is 0 Å². The van der Waals surface area contributed by atoms with E-state index in [0.717, 1.165) is 12.8 Å². The fourth-order valence-electron chi connectivity index (χ4n) is 2.36. The lowest BCUT2D eigenvalue weighted by Gasteiger charge is -2.12. The maximum absolute atomic E-state index is 6.19. The molecule has 1 atom stereocenters. The first-order valence-electron chi connectivity index (χ1n) is 6.18. The quantitative estimate of drug-likeness (QED) is 0.600. The first kappa shape index (κ1) is 11.8. The van der Waals surface area contributed by atoms with Crippen LogP contribution in [0.25, 0.3) is 0 Å². The average molecular weight is 259 g/mol. The van der Waals surface area contributed by atoms with Crippen LogP contribution in [0.15, 0.2) is 60.7 Å².